The smallest absolute Gasteiger partial charge is 0.316 e. The molecular weight excluding hydrogens is 304 g/mol. The van der Waals surface area contributed by atoms with E-state index in [0.29, 0.717) is 5.57 Å². The Morgan fingerprint density at radius 3 is 2.78 bits per heavy atom. The SMILES string of the molecule is COC(=O)[C@H]1c2c(oc3cccc(O)c3c2=O)OC=C(C)[C@H]1O. The van der Waals surface area contributed by atoms with Gasteiger partial charge in [-0.15, -0.1) is 0 Å². The van der Waals surface area contributed by atoms with E-state index in [4.69, 9.17) is 13.9 Å². The number of hydrogen-bond acceptors (Lipinski definition) is 7. The van der Waals surface area contributed by atoms with Crippen molar-refractivity contribution in [3.05, 3.63) is 45.8 Å². The number of benzene rings is 1. The highest BCUT2D eigenvalue weighted by Gasteiger charge is 2.39. The van der Waals surface area contributed by atoms with Crippen LogP contribution >= 0.6 is 0 Å². The fourth-order valence-electron chi connectivity index (χ4n) is 2.58. The molecule has 23 heavy (non-hydrogen) atoms. The molecule has 0 bridgehead atoms. The Labute approximate surface area is 130 Å². The molecule has 7 heteroatoms. The third-order valence-corrected chi connectivity index (χ3v) is 3.80. The molecule has 0 unspecified atom stereocenters. The second-order valence-corrected chi connectivity index (χ2v) is 5.21. The summed E-state index contributed by atoms with van der Waals surface area (Å²) in [5, 5.41) is 20.2. The number of phenolic OH excluding ortho intramolecular Hbond substituents is 1. The van der Waals surface area contributed by atoms with E-state index in [1.54, 1.807) is 6.92 Å². The summed E-state index contributed by atoms with van der Waals surface area (Å²) in [5.74, 6) is -2.61. The molecule has 120 valence electrons. The lowest BCUT2D eigenvalue weighted by atomic mass is 9.90. The highest BCUT2D eigenvalue weighted by atomic mass is 16.6. The minimum Gasteiger partial charge on any atom is -0.507 e. The monoisotopic (exact) mass is 318 g/mol. The number of methoxy groups -OCH3 is 1. The molecule has 1 aliphatic heterocycles. The number of carbonyl (C=O) groups excluding carboxylic acids is 1. The van der Waals surface area contributed by atoms with Gasteiger partial charge in [0.25, 0.3) is 5.95 Å². The molecule has 0 amide bonds. The van der Waals surface area contributed by atoms with E-state index in [9.17, 15) is 19.8 Å². The van der Waals surface area contributed by atoms with Gasteiger partial charge in [0, 0.05) is 0 Å². The molecule has 0 saturated carbocycles. The predicted molar refractivity (Wildman–Crippen MR) is 79.3 cm³/mol. The number of phenols is 1. The fourth-order valence-corrected chi connectivity index (χ4v) is 2.58. The van der Waals surface area contributed by atoms with Gasteiger partial charge in [0.05, 0.1) is 25.0 Å². The van der Waals surface area contributed by atoms with Gasteiger partial charge in [-0.05, 0) is 24.6 Å². The van der Waals surface area contributed by atoms with Crippen molar-refractivity contribution in [2.45, 2.75) is 18.9 Å². The zero-order valence-electron chi connectivity index (χ0n) is 12.4. The predicted octanol–water partition coefficient (Wildman–Crippen LogP) is 1.41. The van der Waals surface area contributed by atoms with Crippen LogP contribution < -0.4 is 10.2 Å². The molecule has 1 aromatic heterocycles. The zero-order valence-corrected chi connectivity index (χ0v) is 12.4. The van der Waals surface area contributed by atoms with Crippen LogP contribution in [0, 0.1) is 0 Å². The molecule has 2 aromatic rings. The molecule has 0 radical (unpaired) electrons. The van der Waals surface area contributed by atoms with E-state index in [1.807, 2.05) is 0 Å². The number of esters is 1. The van der Waals surface area contributed by atoms with Gasteiger partial charge >= 0.3 is 5.97 Å². The Morgan fingerprint density at radius 2 is 2.09 bits per heavy atom. The van der Waals surface area contributed by atoms with E-state index in [-0.39, 0.29) is 28.2 Å². The van der Waals surface area contributed by atoms with Crippen molar-refractivity contribution in [3.8, 4) is 11.7 Å². The number of aliphatic hydroxyl groups is 1. The van der Waals surface area contributed by atoms with Gasteiger partial charge in [0.15, 0.2) is 0 Å². The van der Waals surface area contributed by atoms with Crippen molar-refractivity contribution < 1.29 is 28.9 Å². The second kappa shape index (κ2) is 5.44. The highest BCUT2D eigenvalue weighted by Crippen LogP contribution is 2.36. The van der Waals surface area contributed by atoms with E-state index < -0.39 is 23.4 Å². The fraction of sp³-hybridized carbons (Fsp3) is 0.250. The Kier molecular flexibility index (Phi) is 3.57. The van der Waals surface area contributed by atoms with E-state index in [1.165, 1.54) is 24.5 Å². The number of ether oxygens (including phenoxy) is 2. The third kappa shape index (κ3) is 2.25. The normalized spacial score (nSPS) is 20.2. The molecule has 0 fully saturated rings. The Hall–Kier alpha value is -2.80. The van der Waals surface area contributed by atoms with E-state index >= 15 is 0 Å². The Bertz CT molecular complexity index is 878. The van der Waals surface area contributed by atoms with E-state index in [2.05, 4.69) is 0 Å². The van der Waals surface area contributed by atoms with Crippen LogP contribution in [0.3, 0.4) is 0 Å². The number of hydrogen-bond donors (Lipinski definition) is 2. The molecule has 1 aromatic carbocycles. The Morgan fingerprint density at radius 1 is 1.35 bits per heavy atom. The molecule has 2 heterocycles. The van der Waals surface area contributed by atoms with Crippen molar-refractivity contribution in [3.63, 3.8) is 0 Å². The maximum absolute atomic E-state index is 12.8. The van der Waals surface area contributed by atoms with Gasteiger partial charge in [0.2, 0.25) is 5.43 Å². The van der Waals surface area contributed by atoms with Gasteiger partial charge in [-0.2, -0.15) is 0 Å². The third-order valence-electron chi connectivity index (χ3n) is 3.80. The summed E-state index contributed by atoms with van der Waals surface area (Å²) >= 11 is 0. The van der Waals surface area contributed by atoms with Crippen molar-refractivity contribution in [1.29, 1.82) is 0 Å². The Balaban J connectivity index is 2.39. The van der Waals surface area contributed by atoms with Gasteiger partial charge in [-0.3, -0.25) is 9.59 Å². The van der Waals surface area contributed by atoms with Crippen LogP contribution in [0.15, 0.2) is 39.2 Å². The van der Waals surface area contributed by atoms with Crippen LogP contribution in [0.1, 0.15) is 18.4 Å². The molecule has 3 rings (SSSR count). The zero-order chi connectivity index (χ0) is 16.7. The first kappa shape index (κ1) is 15.1. The molecule has 1 aliphatic rings. The van der Waals surface area contributed by atoms with Crippen molar-refractivity contribution in [1.82, 2.24) is 0 Å². The molecule has 0 aliphatic carbocycles. The van der Waals surface area contributed by atoms with Crippen LogP contribution in [-0.2, 0) is 9.53 Å². The standard InChI is InChI=1S/C16H14O7/c1-7-6-22-16-12(11(13(7)18)15(20)21-2)14(19)10-8(17)4-3-5-9(10)23-16/h3-6,11,13,17-18H,1-2H3/t11-,13+/m0/s1. The van der Waals surface area contributed by atoms with Gasteiger partial charge in [-0.1, -0.05) is 6.07 Å². The summed E-state index contributed by atoms with van der Waals surface area (Å²) in [7, 11) is 1.15. The topological polar surface area (TPSA) is 106 Å². The molecule has 0 spiro atoms. The number of carbonyl (C=O) groups is 1. The van der Waals surface area contributed by atoms with Gasteiger partial charge < -0.3 is 24.1 Å². The quantitative estimate of drug-likeness (QED) is 0.766. The lowest BCUT2D eigenvalue weighted by Crippen LogP contribution is -2.31. The highest BCUT2D eigenvalue weighted by molar-refractivity contribution is 5.87. The van der Waals surface area contributed by atoms with E-state index in [0.717, 1.165) is 7.11 Å². The van der Waals surface area contributed by atoms with Crippen molar-refractivity contribution in [2.24, 2.45) is 0 Å². The lowest BCUT2D eigenvalue weighted by molar-refractivity contribution is -0.144. The largest absolute Gasteiger partial charge is 0.507 e. The summed E-state index contributed by atoms with van der Waals surface area (Å²) in [6.45, 7) is 1.55. The molecular formula is C16H14O7. The minimum absolute atomic E-state index is 0.0875. The summed E-state index contributed by atoms with van der Waals surface area (Å²) < 4.78 is 15.5. The number of rotatable bonds is 1. The maximum atomic E-state index is 12.8. The molecule has 2 atom stereocenters. The first-order valence-corrected chi connectivity index (χ1v) is 6.83. The van der Waals surface area contributed by atoms with Gasteiger partial charge in [0.1, 0.15) is 22.6 Å². The van der Waals surface area contributed by atoms with Crippen molar-refractivity contribution in [2.75, 3.05) is 7.11 Å². The second-order valence-electron chi connectivity index (χ2n) is 5.21. The maximum Gasteiger partial charge on any atom is 0.316 e. The van der Waals surface area contributed by atoms with Crippen LogP contribution in [-0.4, -0.2) is 29.4 Å². The van der Waals surface area contributed by atoms with Crippen LogP contribution in [0.4, 0.5) is 0 Å². The van der Waals surface area contributed by atoms with Crippen LogP contribution in [0.25, 0.3) is 11.0 Å². The summed E-state index contributed by atoms with van der Waals surface area (Å²) in [4.78, 5) is 24.9. The average Bonchev–Trinajstić information content (AvgIpc) is 2.65. The van der Waals surface area contributed by atoms with Crippen molar-refractivity contribution >= 4 is 16.9 Å². The number of aliphatic hydroxyl groups excluding tert-OH is 1. The average molecular weight is 318 g/mol. The number of fused-ring (bicyclic) bond motifs is 2. The summed E-state index contributed by atoms with van der Waals surface area (Å²) in [6.07, 6.45) is -0.0980. The molecule has 2 N–H and O–H groups in total. The first-order valence-electron chi connectivity index (χ1n) is 6.83. The first-order chi connectivity index (χ1) is 11.0. The van der Waals surface area contributed by atoms with Crippen LogP contribution in [0.2, 0.25) is 0 Å². The minimum atomic E-state index is -1.31. The van der Waals surface area contributed by atoms with Crippen LogP contribution in [0.5, 0.6) is 11.7 Å². The number of aromatic hydroxyl groups is 1. The molecule has 0 saturated heterocycles. The van der Waals surface area contributed by atoms with Gasteiger partial charge in [-0.25, -0.2) is 0 Å². The molecule has 7 nitrogen and oxygen atoms in total. The lowest BCUT2D eigenvalue weighted by Gasteiger charge is -2.19. The summed E-state index contributed by atoms with van der Waals surface area (Å²) in [5.41, 5.74) is -0.400. The summed E-state index contributed by atoms with van der Waals surface area (Å²) in [6, 6.07) is 4.33.